The van der Waals surface area contributed by atoms with Crippen molar-refractivity contribution in [1.29, 1.82) is 0 Å². The lowest BCUT2D eigenvalue weighted by Crippen LogP contribution is -2.43. The third-order valence-corrected chi connectivity index (χ3v) is 7.24. The molecule has 24 heavy (non-hydrogen) atoms. The summed E-state index contributed by atoms with van der Waals surface area (Å²) >= 11 is 0. The first-order valence-corrected chi connectivity index (χ1v) is 10.2. The molecule has 1 aromatic carbocycles. The van der Waals surface area contributed by atoms with Crippen LogP contribution < -0.4 is 0 Å². The van der Waals surface area contributed by atoms with Crippen molar-refractivity contribution < 1.29 is 13.2 Å². The Balaban J connectivity index is 1.76. The Hall–Kier alpha value is -1.40. The molecule has 5 nitrogen and oxygen atoms in total. The van der Waals surface area contributed by atoms with Gasteiger partial charge in [0, 0.05) is 32.1 Å². The molecule has 0 bridgehead atoms. The Kier molecular flexibility index (Phi) is 4.97. The molecule has 0 aliphatic carbocycles. The van der Waals surface area contributed by atoms with Gasteiger partial charge in [0.05, 0.1) is 4.90 Å². The molecule has 0 radical (unpaired) electrons. The van der Waals surface area contributed by atoms with Crippen LogP contribution in [-0.4, -0.2) is 49.2 Å². The van der Waals surface area contributed by atoms with E-state index in [1.165, 1.54) is 0 Å². The van der Waals surface area contributed by atoms with Gasteiger partial charge in [0.1, 0.15) is 0 Å². The minimum absolute atomic E-state index is 0.210. The number of hydrogen-bond donors (Lipinski definition) is 0. The Bertz CT molecular complexity index is 687. The van der Waals surface area contributed by atoms with Crippen LogP contribution >= 0.6 is 0 Å². The molecule has 0 unspecified atom stereocenters. The molecule has 0 N–H and O–H groups in total. The highest BCUT2D eigenvalue weighted by atomic mass is 32.2. The molecule has 2 saturated heterocycles. The van der Waals surface area contributed by atoms with E-state index < -0.39 is 10.0 Å². The maximum Gasteiger partial charge on any atom is 0.243 e. The summed E-state index contributed by atoms with van der Waals surface area (Å²) < 4.78 is 27.3. The molecular formula is C18H26N2O3S. The van der Waals surface area contributed by atoms with Crippen molar-refractivity contribution in [2.45, 2.75) is 44.0 Å². The lowest BCUT2D eigenvalue weighted by molar-refractivity contribution is -0.133. The van der Waals surface area contributed by atoms with Crippen LogP contribution in [0.5, 0.6) is 0 Å². The topological polar surface area (TPSA) is 57.7 Å². The first-order valence-electron chi connectivity index (χ1n) is 8.74. The van der Waals surface area contributed by atoms with Crippen LogP contribution in [0.4, 0.5) is 0 Å². The molecule has 2 aliphatic heterocycles. The summed E-state index contributed by atoms with van der Waals surface area (Å²) in [7, 11) is -3.43. The van der Waals surface area contributed by atoms with Crippen LogP contribution in [0.2, 0.25) is 0 Å². The number of nitrogens with zero attached hydrogens (tertiary/aromatic N) is 2. The highest BCUT2D eigenvalue weighted by molar-refractivity contribution is 7.89. The van der Waals surface area contributed by atoms with Crippen molar-refractivity contribution in [3.63, 3.8) is 0 Å². The van der Waals surface area contributed by atoms with Crippen molar-refractivity contribution in [3.8, 4) is 0 Å². The predicted octanol–water partition coefficient (Wildman–Crippen LogP) is 2.34. The Labute approximate surface area is 144 Å². The minimum Gasteiger partial charge on any atom is -0.340 e. The molecule has 132 valence electrons. The van der Waals surface area contributed by atoms with E-state index in [1.54, 1.807) is 28.6 Å². The van der Waals surface area contributed by atoms with Gasteiger partial charge in [0.2, 0.25) is 15.9 Å². The Morgan fingerprint density at radius 1 is 1.04 bits per heavy atom. The van der Waals surface area contributed by atoms with Gasteiger partial charge >= 0.3 is 0 Å². The molecule has 2 fully saturated rings. The monoisotopic (exact) mass is 350 g/mol. The van der Waals surface area contributed by atoms with Gasteiger partial charge in [-0.05, 0) is 50.7 Å². The maximum absolute atomic E-state index is 12.8. The summed E-state index contributed by atoms with van der Waals surface area (Å²) in [6.45, 7) is 5.85. The fourth-order valence-electron chi connectivity index (χ4n) is 3.92. The molecule has 0 spiro atoms. The lowest BCUT2D eigenvalue weighted by atomic mass is 9.83. The Morgan fingerprint density at radius 2 is 1.71 bits per heavy atom. The Morgan fingerprint density at radius 3 is 2.38 bits per heavy atom. The average molecular weight is 350 g/mol. The van der Waals surface area contributed by atoms with Gasteiger partial charge in [-0.15, -0.1) is 0 Å². The van der Waals surface area contributed by atoms with Crippen LogP contribution in [0, 0.1) is 11.8 Å². The predicted molar refractivity (Wildman–Crippen MR) is 92.9 cm³/mol. The van der Waals surface area contributed by atoms with E-state index in [0.717, 1.165) is 19.4 Å². The van der Waals surface area contributed by atoms with E-state index >= 15 is 0 Å². The van der Waals surface area contributed by atoms with E-state index in [2.05, 4.69) is 0 Å². The first-order chi connectivity index (χ1) is 11.4. The van der Waals surface area contributed by atoms with Gasteiger partial charge in [0.15, 0.2) is 0 Å². The zero-order chi connectivity index (χ0) is 17.3. The van der Waals surface area contributed by atoms with Crippen molar-refractivity contribution in [2.24, 2.45) is 11.8 Å². The number of hydrogen-bond acceptors (Lipinski definition) is 3. The number of fused-ring (bicyclic) bond motifs is 1. The van der Waals surface area contributed by atoms with Crippen LogP contribution in [0.1, 0.15) is 33.1 Å². The fourth-order valence-corrected chi connectivity index (χ4v) is 5.45. The number of piperidine rings is 1. The summed E-state index contributed by atoms with van der Waals surface area (Å²) in [5.74, 6) is 0.797. The number of rotatable bonds is 3. The van der Waals surface area contributed by atoms with Crippen LogP contribution in [0.25, 0.3) is 0 Å². The van der Waals surface area contributed by atoms with Gasteiger partial charge in [-0.1, -0.05) is 18.2 Å². The molecule has 2 aliphatic rings. The van der Waals surface area contributed by atoms with Crippen LogP contribution in [0.15, 0.2) is 35.2 Å². The molecule has 0 aromatic heterocycles. The van der Waals surface area contributed by atoms with Gasteiger partial charge in [-0.25, -0.2) is 8.42 Å². The highest BCUT2D eigenvalue weighted by Gasteiger charge is 2.39. The summed E-state index contributed by atoms with van der Waals surface area (Å²) in [5, 5.41) is 0. The second-order valence-electron chi connectivity index (χ2n) is 7.16. The van der Waals surface area contributed by atoms with E-state index in [9.17, 15) is 13.2 Å². The second-order valence-corrected chi connectivity index (χ2v) is 9.10. The number of carbonyl (C=O) groups is 1. The standard InChI is InChI=1S/C18H26N2O3S/c1-14(2)20-11-9-16-13-19(10-8-15(16)12-18(20)21)24(22,23)17-6-4-3-5-7-17/h3-7,14-16H,8-13H2,1-2H3/t15-,16+/m0/s1. The van der Waals surface area contributed by atoms with Crippen LogP contribution in [-0.2, 0) is 14.8 Å². The van der Waals surface area contributed by atoms with Gasteiger partial charge in [0.25, 0.3) is 0 Å². The number of likely N-dealkylation sites (tertiary alicyclic amines) is 1. The summed E-state index contributed by atoms with van der Waals surface area (Å²) in [4.78, 5) is 14.7. The van der Waals surface area contributed by atoms with Crippen molar-refractivity contribution in [3.05, 3.63) is 30.3 Å². The number of sulfonamides is 1. The molecule has 1 aromatic rings. The first kappa shape index (κ1) is 17.4. The van der Waals surface area contributed by atoms with Crippen molar-refractivity contribution in [1.82, 2.24) is 9.21 Å². The van der Waals surface area contributed by atoms with Crippen molar-refractivity contribution >= 4 is 15.9 Å². The van der Waals surface area contributed by atoms with Gasteiger partial charge < -0.3 is 4.90 Å². The quantitative estimate of drug-likeness (QED) is 0.841. The zero-order valence-electron chi connectivity index (χ0n) is 14.4. The fraction of sp³-hybridized carbons (Fsp3) is 0.611. The molecule has 1 amide bonds. The molecule has 2 atom stereocenters. The SMILES string of the molecule is CC(C)N1CC[C@@H]2CN(S(=O)(=O)c3ccccc3)CC[C@H]2CC1=O. The smallest absolute Gasteiger partial charge is 0.243 e. The zero-order valence-corrected chi connectivity index (χ0v) is 15.2. The van der Waals surface area contributed by atoms with E-state index in [4.69, 9.17) is 0 Å². The highest BCUT2D eigenvalue weighted by Crippen LogP contribution is 2.34. The largest absolute Gasteiger partial charge is 0.340 e. The minimum atomic E-state index is -3.43. The van der Waals surface area contributed by atoms with E-state index in [-0.39, 0.29) is 17.9 Å². The summed E-state index contributed by atoms with van der Waals surface area (Å²) in [5.41, 5.74) is 0. The average Bonchev–Trinajstić information content (AvgIpc) is 2.73. The second kappa shape index (κ2) is 6.84. The van der Waals surface area contributed by atoms with E-state index in [1.807, 2.05) is 24.8 Å². The maximum atomic E-state index is 12.8. The molecule has 0 saturated carbocycles. The van der Waals surface area contributed by atoms with E-state index in [0.29, 0.717) is 30.3 Å². The normalized spacial score (nSPS) is 26.3. The molecule has 2 heterocycles. The van der Waals surface area contributed by atoms with Gasteiger partial charge in [-0.2, -0.15) is 4.31 Å². The third kappa shape index (κ3) is 3.35. The number of benzene rings is 1. The van der Waals surface area contributed by atoms with Crippen molar-refractivity contribution in [2.75, 3.05) is 19.6 Å². The number of carbonyl (C=O) groups excluding carboxylic acids is 1. The number of amides is 1. The molecule has 3 rings (SSSR count). The summed E-state index contributed by atoms with van der Waals surface area (Å²) in [6.07, 6.45) is 2.21. The molecule has 6 heteroatoms. The summed E-state index contributed by atoms with van der Waals surface area (Å²) in [6, 6.07) is 8.84. The molecular weight excluding hydrogens is 324 g/mol. The van der Waals surface area contributed by atoms with Gasteiger partial charge in [-0.3, -0.25) is 4.79 Å². The van der Waals surface area contributed by atoms with Crippen LogP contribution in [0.3, 0.4) is 0 Å². The lowest BCUT2D eigenvalue weighted by Gasteiger charge is -2.36. The third-order valence-electron chi connectivity index (χ3n) is 5.36.